The van der Waals surface area contributed by atoms with Crippen molar-refractivity contribution in [2.45, 2.75) is 6.92 Å². The molecule has 6 heteroatoms. The average Bonchev–Trinajstić information content (AvgIpc) is 2.87. The van der Waals surface area contributed by atoms with Gasteiger partial charge in [-0.3, -0.25) is 0 Å². The number of aromatic nitrogens is 2. The first-order chi connectivity index (χ1) is 10.0. The van der Waals surface area contributed by atoms with Gasteiger partial charge in [-0.05, 0) is 31.2 Å². The highest BCUT2D eigenvalue weighted by atomic mass is 16.5. The molecule has 1 heterocycles. The van der Waals surface area contributed by atoms with Crippen molar-refractivity contribution < 1.29 is 19.4 Å². The van der Waals surface area contributed by atoms with Gasteiger partial charge < -0.3 is 9.84 Å². The molecular formula is C15H12N2O4. The Morgan fingerprint density at radius 1 is 1.38 bits per heavy atom. The van der Waals surface area contributed by atoms with Gasteiger partial charge in [-0.2, -0.15) is 5.10 Å². The highest BCUT2D eigenvalue weighted by molar-refractivity contribution is 5.90. The molecule has 1 N–H and O–H groups in total. The predicted molar refractivity (Wildman–Crippen MR) is 74.4 cm³/mol. The average molecular weight is 284 g/mol. The maximum atomic E-state index is 11.6. The van der Waals surface area contributed by atoms with Gasteiger partial charge in [0.25, 0.3) is 0 Å². The third-order valence-electron chi connectivity index (χ3n) is 2.87. The molecule has 106 valence electrons. The lowest BCUT2D eigenvalue weighted by molar-refractivity contribution is 0.0556. The zero-order valence-corrected chi connectivity index (χ0v) is 11.2. The Bertz CT molecular complexity index is 723. The van der Waals surface area contributed by atoms with Crippen LogP contribution in [0.15, 0.2) is 30.5 Å². The highest BCUT2D eigenvalue weighted by Gasteiger charge is 2.14. The van der Waals surface area contributed by atoms with Crippen LogP contribution in [0.3, 0.4) is 0 Å². The molecule has 0 spiro atoms. The number of hydrogen-bond donors (Lipinski definition) is 1. The fraction of sp³-hybridized carbons (Fsp3) is 0.133. The van der Waals surface area contributed by atoms with E-state index in [-0.39, 0.29) is 12.2 Å². The normalized spacial score (nSPS) is 9.90. The van der Waals surface area contributed by atoms with Crippen molar-refractivity contribution in [3.63, 3.8) is 0 Å². The molecule has 0 amide bonds. The van der Waals surface area contributed by atoms with E-state index in [1.54, 1.807) is 31.2 Å². The summed E-state index contributed by atoms with van der Waals surface area (Å²) in [5.41, 5.74) is 1.64. The Kier molecular flexibility index (Phi) is 4.05. The number of ether oxygens (including phenoxy) is 1. The Morgan fingerprint density at radius 3 is 2.57 bits per heavy atom. The van der Waals surface area contributed by atoms with Crippen LogP contribution in [0.2, 0.25) is 0 Å². The number of aromatic carboxylic acids is 1. The monoisotopic (exact) mass is 284 g/mol. The van der Waals surface area contributed by atoms with Crippen molar-refractivity contribution in [1.29, 1.82) is 0 Å². The number of carboxylic acids is 1. The summed E-state index contributed by atoms with van der Waals surface area (Å²) in [5.74, 6) is 0.668. The van der Waals surface area contributed by atoms with E-state index in [0.717, 1.165) is 0 Å². The summed E-state index contributed by atoms with van der Waals surface area (Å²) in [7, 11) is 0. The minimum absolute atomic E-state index is 0.0825. The molecule has 0 radical (unpaired) electrons. The van der Waals surface area contributed by atoms with Gasteiger partial charge in [-0.1, -0.05) is 5.92 Å². The van der Waals surface area contributed by atoms with E-state index in [2.05, 4.69) is 11.0 Å². The number of esters is 1. The van der Waals surface area contributed by atoms with Crippen LogP contribution >= 0.6 is 0 Å². The van der Waals surface area contributed by atoms with E-state index in [1.807, 2.05) is 0 Å². The number of nitrogens with zero attached hydrogens (tertiary/aromatic N) is 2. The van der Waals surface area contributed by atoms with Crippen molar-refractivity contribution >= 4 is 11.9 Å². The van der Waals surface area contributed by atoms with Crippen LogP contribution in [-0.2, 0) is 4.74 Å². The van der Waals surface area contributed by atoms with Gasteiger partial charge in [0.2, 0.25) is 0 Å². The summed E-state index contributed by atoms with van der Waals surface area (Å²) >= 11 is 0. The lowest BCUT2D eigenvalue weighted by Crippen LogP contribution is -2.06. The topological polar surface area (TPSA) is 81.4 Å². The van der Waals surface area contributed by atoms with Crippen molar-refractivity contribution in [2.75, 3.05) is 6.61 Å². The lowest BCUT2D eigenvalue weighted by Gasteiger charge is -2.06. The third-order valence-corrected chi connectivity index (χ3v) is 2.87. The molecule has 6 nitrogen and oxygen atoms in total. The second-order valence-electron chi connectivity index (χ2n) is 4.19. The van der Waals surface area contributed by atoms with Gasteiger partial charge >= 0.3 is 11.9 Å². The standard InChI is InChI=1S/C15H12N2O4/c1-3-8-21-15(20)11-4-6-12(7-5-11)17-10(2)13(9-16-17)14(18)19/h1,4-7,9H,8H2,2H3,(H,18,19). The minimum Gasteiger partial charge on any atom is -0.478 e. The van der Waals surface area contributed by atoms with Crippen molar-refractivity contribution in [2.24, 2.45) is 0 Å². The second-order valence-corrected chi connectivity index (χ2v) is 4.19. The Balaban J connectivity index is 2.25. The van der Waals surface area contributed by atoms with Gasteiger partial charge in [0, 0.05) is 0 Å². The highest BCUT2D eigenvalue weighted by Crippen LogP contribution is 2.15. The first-order valence-electron chi connectivity index (χ1n) is 6.03. The van der Waals surface area contributed by atoms with E-state index in [9.17, 15) is 9.59 Å². The molecule has 0 aliphatic carbocycles. The first kappa shape index (κ1) is 14.3. The van der Waals surface area contributed by atoms with E-state index in [4.69, 9.17) is 16.3 Å². The van der Waals surface area contributed by atoms with E-state index in [0.29, 0.717) is 16.9 Å². The van der Waals surface area contributed by atoms with Crippen LogP contribution in [0, 0.1) is 19.3 Å². The molecule has 1 aromatic heterocycles. The van der Waals surface area contributed by atoms with Crippen LogP contribution < -0.4 is 0 Å². The van der Waals surface area contributed by atoms with Crippen LogP contribution in [-0.4, -0.2) is 33.4 Å². The van der Waals surface area contributed by atoms with E-state index >= 15 is 0 Å². The number of terminal acetylenes is 1. The number of benzene rings is 1. The molecular weight excluding hydrogens is 272 g/mol. The molecule has 1 aromatic carbocycles. The summed E-state index contributed by atoms with van der Waals surface area (Å²) in [6.07, 6.45) is 6.30. The van der Waals surface area contributed by atoms with Crippen LogP contribution in [0.1, 0.15) is 26.4 Å². The van der Waals surface area contributed by atoms with Gasteiger partial charge in [-0.25, -0.2) is 14.3 Å². The van der Waals surface area contributed by atoms with E-state index < -0.39 is 11.9 Å². The number of carbonyl (C=O) groups is 2. The molecule has 0 saturated carbocycles. The number of rotatable bonds is 4. The summed E-state index contributed by atoms with van der Waals surface area (Å²) in [5, 5.41) is 13.0. The predicted octanol–water partition coefficient (Wildman–Crippen LogP) is 1.67. The van der Waals surface area contributed by atoms with Crippen molar-refractivity contribution in [3.05, 3.63) is 47.3 Å². The smallest absolute Gasteiger partial charge is 0.339 e. The third kappa shape index (κ3) is 2.92. The molecule has 0 aliphatic heterocycles. The van der Waals surface area contributed by atoms with Crippen LogP contribution in [0.5, 0.6) is 0 Å². The van der Waals surface area contributed by atoms with Crippen molar-refractivity contribution in [3.8, 4) is 18.0 Å². The van der Waals surface area contributed by atoms with Crippen LogP contribution in [0.4, 0.5) is 0 Å². The summed E-state index contributed by atoms with van der Waals surface area (Å²) < 4.78 is 6.29. The minimum atomic E-state index is -1.03. The first-order valence-corrected chi connectivity index (χ1v) is 6.03. The fourth-order valence-electron chi connectivity index (χ4n) is 1.81. The molecule has 0 aliphatic rings. The summed E-state index contributed by atoms with van der Waals surface area (Å²) in [4.78, 5) is 22.6. The lowest BCUT2D eigenvalue weighted by atomic mass is 10.2. The zero-order chi connectivity index (χ0) is 15.4. The Hall–Kier alpha value is -3.07. The summed E-state index contributed by atoms with van der Waals surface area (Å²) in [6, 6.07) is 6.43. The molecule has 0 bridgehead atoms. The largest absolute Gasteiger partial charge is 0.478 e. The number of carboxylic acid groups (broad SMARTS) is 1. The number of carbonyl (C=O) groups excluding carboxylic acids is 1. The Labute approximate surface area is 121 Å². The van der Waals surface area contributed by atoms with Gasteiger partial charge in [-0.15, -0.1) is 6.42 Å². The molecule has 2 rings (SSSR count). The van der Waals surface area contributed by atoms with Crippen molar-refractivity contribution in [1.82, 2.24) is 9.78 Å². The molecule has 0 atom stereocenters. The zero-order valence-electron chi connectivity index (χ0n) is 11.2. The van der Waals surface area contributed by atoms with Gasteiger partial charge in [0.15, 0.2) is 6.61 Å². The fourth-order valence-corrected chi connectivity index (χ4v) is 1.81. The maximum Gasteiger partial charge on any atom is 0.339 e. The number of hydrogen-bond acceptors (Lipinski definition) is 4. The SMILES string of the molecule is C#CCOC(=O)c1ccc(-n2ncc(C(=O)O)c2C)cc1. The van der Waals surface area contributed by atoms with Crippen LogP contribution in [0.25, 0.3) is 5.69 Å². The van der Waals surface area contributed by atoms with Gasteiger partial charge in [0.05, 0.1) is 23.1 Å². The quantitative estimate of drug-likeness (QED) is 0.682. The Morgan fingerprint density at radius 2 is 2.05 bits per heavy atom. The van der Waals surface area contributed by atoms with Gasteiger partial charge in [0.1, 0.15) is 5.56 Å². The second kappa shape index (κ2) is 5.92. The molecule has 0 saturated heterocycles. The molecule has 21 heavy (non-hydrogen) atoms. The summed E-state index contributed by atoms with van der Waals surface area (Å²) in [6.45, 7) is 1.58. The van der Waals surface area contributed by atoms with E-state index in [1.165, 1.54) is 10.9 Å². The molecule has 0 fully saturated rings. The molecule has 0 unspecified atom stereocenters. The maximum absolute atomic E-state index is 11.6. The molecule has 2 aromatic rings.